The number of aromatic nitrogens is 1. The molecule has 0 amide bonds. The fraction of sp³-hybridized carbons (Fsp3) is 0.375. The van der Waals surface area contributed by atoms with E-state index in [1.807, 2.05) is 12.1 Å². The van der Waals surface area contributed by atoms with Gasteiger partial charge in [-0.15, -0.1) is 0 Å². The molecule has 0 radical (unpaired) electrons. The Morgan fingerprint density at radius 1 is 1.55 bits per heavy atom. The number of hydrogen-bond acceptors (Lipinski definition) is 2. The molecule has 60 valence electrons. The van der Waals surface area contributed by atoms with Crippen LogP contribution in [0.3, 0.4) is 0 Å². The predicted molar refractivity (Wildman–Crippen MR) is 46.4 cm³/mol. The zero-order valence-corrected chi connectivity index (χ0v) is 7.27. The minimum atomic E-state index is 0.468. The molecule has 0 aromatic carbocycles. The average Bonchev–Trinajstić information content (AvgIpc) is 1.99. The second-order valence-electron chi connectivity index (χ2n) is 2.42. The zero-order chi connectivity index (χ0) is 8.27. The summed E-state index contributed by atoms with van der Waals surface area (Å²) in [5.41, 5.74) is 0.875. The molecule has 2 nitrogen and oxygen atoms in total. The normalized spacial score (nSPS) is 9.91. The topological polar surface area (TPSA) is 25.2 Å². The molecule has 0 spiro atoms. The number of nitrogens with zero attached hydrogens (tertiary/aromatic N) is 1. The van der Waals surface area contributed by atoms with E-state index in [2.05, 4.69) is 6.92 Å². The van der Waals surface area contributed by atoms with Gasteiger partial charge in [0.1, 0.15) is 4.64 Å². The Morgan fingerprint density at radius 3 is 2.91 bits per heavy atom. The highest BCUT2D eigenvalue weighted by Gasteiger charge is 1.95. The summed E-state index contributed by atoms with van der Waals surface area (Å²) in [4.78, 5) is 0. The van der Waals surface area contributed by atoms with Gasteiger partial charge in [-0.2, -0.15) is 4.73 Å². The van der Waals surface area contributed by atoms with Crippen LogP contribution in [-0.4, -0.2) is 9.94 Å². The van der Waals surface area contributed by atoms with Crippen LogP contribution in [0.1, 0.15) is 19.0 Å². The van der Waals surface area contributed by atoms with Gasteiger partial charge in [0.15, 0.2) is 0 Å². The fourth-order valence-electron chi connectivity index (χ4n) is 0.970. The van der Waals surface area contributed by atoms with Crippen LogP contribution in [0.4, 0.5) is 0 Å². The number of rotatable bonds is 2. The van der Waals surface area contributed by atoms with Crippen LogP contribution in [0, 0.1) is 4.64 Å². The van der Waals surface area contributed by atoms with Gasteiger partial charge in [0.25, 0.3) is 0 Å². The predicted octanol–water partition coefficient (Wildman–Crippen LogP) is 2.41. The van der Waals surface area contributed by atoms with Crippen LogP contribution < -0.4 is 0 Å². The molecule has 0 unspecified atom stereocenters. The van der Waals surface area contributed by atoms with Gasteiger partial charge >= 0.3 is 0 Å². The molecule has 0 fully saturated rings. The lowest BCUT2D eigenvalue weighted by Crippen LogP contribution is -2.02. The van der Waals surface area contributed by atoms with E-state index in [9.17, 15) is 5.21 Å². The summed E-state index contributed by atoms with van der Waals surface area (Å²) in [6.07, 6.45) is 1.88. The van der Waals surface area contributed by atoms with Crippen molar-refractivity contribution in [3.8, 4) is 0 Å². The summed E-state index contributed by atoms with van der Waals surface area (Å²) in [6.45, 7) is 2.07. The number of pyridine rings is 1. The maximum atomic E-state index is 9.34. The smallest absolute Gasteiger partial charge is 0.142 e. The molecule has 1 aromatic heterocycles. The van der Waals surface area contributed by atoms with Crippen molar-refractivity contribution in [3.63, 3.8) is 0 Å². The lowest BCUT2D eigenvalue weighted by atomic mass is 10.2. The number of hydrogen-bond donors (Lipinski definition) is 1. The average molecular weight is 169 g/mol. The van der Waals surface area contributed by atoms with Crippen molar-refractivity contribution >= 4 is 12.2 Å². The van der Waals surface area contributed by atoms with Gasteiger partial charge in [0.2, 0.25) is 0 Å². The van der Waals surface area contributed by atoms with E-state index in [0.717, 1.165) is 23.3 Å². The van der Waals surface area contributed by atoms with Gasteiger partial charge in [-0.3, -0.25) is 0 Å². The number of aryl methyl sites for hydroxylation is 1. The van der Waals surface area contributed by atoms with Gasteiger partial charge in [-0.1, -0.05) is 31.6 Å². The second-order valence-corrected chi connectivity index (χ2v) is 2.84. The largest absolute Gasteiger partial charge is 0.427 e. The Labute approximate surface area is 71.1 Å². The summed E-state index contributed by atoms with van der Waals surface area (Å²) in [6, 6.07) is 5.44. The van der Waals surface area contributed by atoms with E-state index in [1.165, 1.54) is 0 Å². The van der Waals surface area contributed by atoms with Crippen molar-refractivity contribution in [3.05, 3.63) is 28.5 Å². The van der Waals surface area contributed by atoms with Crippen molar-refractivity contribution in [1.82, 2.24) is 4.73 Å². The Bertz CT molecular complexity index is 292. The Balaban J connectivity index is 3.06. The highest BCUT2D eigenvalue weighted by atomic mass is 32.1. The van der Waals surface area contributed by atoms with Crippen LogP contribution in [0.25, 0.3) is 0 Å². The monoisotopic (exact) mass is 169 g/mol. The third-order valence-corrected chi connectivity index (χ3v) is 1.82. The van der Waals surface area contributed by atoms with E-state index in [1.54, 1.807) is 6.07 Å². The van der Waals surface area contributed by atoms with Crippen molar-refractivity contribution in [2.75, 3.05) is 0 Å². The first kappa shape index (κ1) is 8.27. The van der Waals surface area contributed by atoms with Crippen molar-refractivity contribution in [1.29, 1.82) is 0 Å². The summed E-state index contributed by atoms with van der Waals surface area (Å²) < 4.78 is 1.54. The molecule has 1 N–H and O–H groups in total. The van der Waals surface area contributed by atoms with E-state index >= 15 is 0 Å². The van der Waals surface area contributed by atoms with Crippen LogP contribution >= 0.6 is 12.2 Å². The van der Waals surface area contributed by atoms with Gasteiger partial charge in [0, 0.05) is 0 Å². The molecule has 1 aromatic rings. The molecule has 0 saturated carbocycles. The summed E-state index contributed by atoms with van der Waals surface area (Å²) in [7, 11) is 0. The maximum Gasteiger partial charge on any atom is 0.142 e. The van der Waals surface area contributed by atoms with Crippen LogP contribution in [0.5, 0.6) is 0 Å². The van der Waals surface area contributed by atoms with Gasteiger partial charge in [0.05, 0.1) is 5.69 Å². The van der Waals surface area contributed by atoms with Crippen LogP contribution in [0.2, 0.25) is 0 Å². The zero-order valence-electron chi connectivity index (χ0n) is 6.45. The molecule has 0 saturated heterocycles. The third-order valence-electron chi connectivity index (χ3n) is 1.51. The first-order valence-electron chi connectivity index (χ1n) is 3.66. The fourth-order valence-corrected chi connectivity index (χ4v) is 1.17. The Kier molecular flexibility index (Phi) is 2.65. The minimum Gasteiger partial charge on any atom is -0.427 e. The van der Waals surface area contributed by atoms with Gasteiger partial charge in [-0.05, 0) is 18.6 Å². The Hall–Kier alpha value is -0.830. The molecule has 0 aliphatic heterocycles. The van der Waals surface area contributed by atoms with Gasteiger partial charge in [-0.25, -0.2) is 0 Å². The lowest BCUT2D eigenvalue weighted by Gasteiger charge is -2.04. The van der Waals surface area contributed by atoms with E-state index in [-0.39, 0.29) is 0 Å². The molecule has 0 bridgehead atoms. The third kappa shape index (κ3) is 1.80. The molecule has 0 aliphatic rings. The molecular weight excluding hydrogens is 158 g/mol. The van der Waals surface area contributed by atoms with Crippen LogP contribution in [0.15, 0.2) is 18.2 Å². The molecule has 3 heteroatoms. The molecular formula is C8H11NOS. The highest BCUT2D eigenvalue weighted by Crippen LogP contribution is 2.02. The standard InChI is InChI=1S/C8H11NOS/c1-2-4-7-5-3-6-8(11)9(7)10/h3,5-6,10H,2,4H2,1H3. The van der Waals surface area contributed by atoms with Crippen molar-refractivity contribution < 1.29 is 5.21 Å². The molecule has 0 aliphatic carbocycles. The molecule has 11 heavy (non-hydrogen) atoms. The molecule has 1 heterocycles. The summed E-state index contributed by atoms with van der Waals surface area (Å²) in [5.74, 6) is 0. The van der Waals surface area contributed by atoms with Gasteiger partial charge < -0.3 is 5.21 Å². The Morgan fingerprint density at radius 2 is 2.27 bits per heavy atom. The van der Waals surface area contributed by atoms with Crippen molar-refractivity contribution in [2.45, 2.75) is 19.8 Å². The van der Waals surface area contributed by atoms with Crippen LogP contribution in [-0.2, 0) is 6.42 Å². The second kappa shape index (κ2) is 3.53. The van der Waals surface area contributed by atoms with Crippen molar-refractivity contribution in [2.24, 2.45) is 0 Å². The maximum absolute atomic E-state index is 9.34. The van der Waals surface area contributed by atoms with E-state index < -0.39 is 0 Å². The molecule has 0 atom stereocenters. The van der Waals surface area contributed by atoms with E-state index in [0.29, 0.717) is 4.64 Å². The summed E-state index contributed by atoms with van der Waals surface area (Å²) >= 11 is 4.87. The first-order chi connectivity index (χ1) is 5.25. The highest BCUT2D eigenvalue weighted by molar-refractivity contribution is 7.71. The lowest BCUT2D eigenvalue weighted by molar-refractivity contribution is 0.170. The quantitative estimate of drug-likeness (QED) is 0.543. The van der Waals surface area contributed by atoms with E-state index in [4.69, 9.17) is 12.2 Å². The minimum absolute atomic E-state index is 0.468. The first-order valence-corrected chi connectivity index (χ1v) is 4.06. The molecule has 1 rings (SSSR count). The summed E-state index contributed by atoms with van der Waals surface area (Å²) in [5, 5.41) is 9.34. The SMILES string of the molecule is CCCc1cccc(=S)n1O.